The predicted octanol–water partition coefficient (Wildman–Crippen LogP) is 4.21. The van der Waals surface area contributed by atoms with E-state index in [9.17, 15) is 0 Å². The first-order valence-corrected chi connectivity index (χ1v) is 11.9. The summed E-state index contributed by atoms with van der Waals surface area (Å²) in [7, 11) is 2.20. The predicted molar refractivity (Wildman–Crippen MR) is 79.5 cm³/mol. The molecule has 0 aliphatic carbocycles. The Balaban J connectivity index is 1.62. The van der Waals surface area contributed by atoms with E-state index in [2.05, 4.69) is 13.3 Å². The third-order valence-electron chi connectivity index (χ3n) is 4.10. The van der Waals surface area contributed by atoms with E-state index < -0.39 is 0 Å². The number of hydrogen-bond acceptors (Lipinski definition) is 0. The number of rotatable bonds is 4. The van der Waals surface area contributed by atoms with E-state index in [-0.39, 0.29) is 0 Å². The molecule has 0 aromatic rings. The van der Waals surface area contributed by atoms with Crippen molar-refractivity contribution in [1.82, 2.24) is 0 Å². The topological polar surface area (TPSA) is 0 Å². The van der Waals surface area contributed by atoms with E-state index in [1.165, 1.54) is 19.9 Å². The molecule has 0 nitrogen and oxygen atoms in total. The van der Waals surface area contributed by atoms with Gasteiger partial charge in [0.25, 0.3) is 0 Å². The highest BCUT2D eigenvalue weighted by Gasteiger charge is 2.25. The zero-order valence-electron chi connectivity index (χ0n) is 10.2. The Morgan fingerprint density at radius 3 is 1.73 bits per heavy atom. The van der Waals surface area contributed by atoms with Crippen molar-refractivity contribution in [2.75, 3.05) is 38.0 Å². The molecular formula is C12H25P3. The van der Waals surface area contributed by atoms with Crippen molar-refractivity contribution in [3.63, 3.8) is 0 Å². The summed E-state index contributed by atoms with van der Waals surface area (Å²) in [5, 5.41) is 0. The molecule has 0 saturated carbocycles. The third-order valence-corrected chi connectivity index (χ3v) is 11.8. The average molecular weight is 262 g/mol. The van der Waals surface area contributed by atoms with Crippen LogP contribution in [-0.4, -0.2) is 49.3 Å². The lowest BCUT2D eigenvalue weighted by Crippen LogP contribution is -2.07. The Bertz CT molecular complexity index is 175. The normalized spacial score (nSPS) is 41.2. The van der Waals surface area contributed by atoms with Crippen LogP contribution in [0.3, 0.4) is 0 Å². The van der Waals surface area contributed by atoms with Gasteiger partial charge in [0.2, 0.25) is 0 Å². The highest BCUT2D eigenvalue weighted by Crippen LogP contribution is 2.51. The Labute approximate surface area is 99.7 Å². The molecule has 0 unspecified atom stereocenters. The fraction of sp³-hybridized carbons (Fsp3) is 1.00. The van der Waals surface area contributed by atoms with Gasteiger partial charge in [-0.2, -0.15) is 0 Å². The molecule has 2 rings (SSSR count). The zero-order valence-corrected chi connectivity index (χ0v) is 13.0. The van der Waals surface area contributed by atoms with E-state index in [0.29, 0.717) is 15.8 Å². The Morgan fingerprint density at radius 1 is 0.933 bits per heavy atom. The molecule has 0 N–H and O–H groups in total. The monoisotopic (exact) mass is 262 g/mol. The van der Waals surface area contributed by atoms with Gasteiger partial charge in [0.15, 0.2) is 0 Å². The summed E-state index contributed by atoms with van der Waals surface area (Å²) in [5.41, 5.74) is 2.34. The third kappa shape index (κ3) is 3.63. The largest absolute Gasteiger partial charge is 0.121 e. The van der Waals surface area contributed by atoms with Gasteiger partial charge in [-0.15, -0.1) is 24.4 Å². The standard InChI is InChI=1S/C12H25P3/c1-14-7-3-5-11(14)9-13-10-12-6-4-8-15(12)2/h11-13H,3-10H2,1-2H3/t11-,12-,14-,15-/m1/s1. The summed E-state index contributed by atoms with van der Waals surface area (Å²) >= 11 is 0. The molecule has 2 aliphatic heterocycles. The van der Waals surface area contributed by atoms with Gasteiger partial charge in [-0.05, 0) is 75.0 Å². The Morgan fingerprint density at radius 2 is 1.40 bits per heavy atom. The summed E-state index contributed by atoms with van der Waals surface area (Å²) in [5.74, 6) is 0. The molecule has 0 radical (unpaired) electrons. The van der Waals surface area contributed by atoms with Crippen molar-refractivity contribution in [3.8, 4) is 0 Å². The van der Waals surface area contributed by atoms with Crippen LogP contribution in [0.4, 0.5) is 0 Å². The van der Waals surface area contributed by atoms with Gasteiger partial charge in [0, 0.05) is 0 Å². The smallest absolute Gasteiger partial charge is 0.0175 e. The summed E-state index contributed by atoms with van der Waals surface area (Å²) < 4.78 is 0. The van der Waals surface area contributed by atoms with Crippen molar-refractivity contribution in [2.24, 2.45) is 0 Å². The minimum absolute atomic E-state index is 0.449. The quantitative estimate of drug-likeness (QED) is 0.666. The molecule has 4 atom stereocenters. The van der Waals surface area contributed by atoms with Crippen molar-refractivity contribution in [1.29, 1.82) is 0 Å². The van der Waals surface area contributed by atoms with Crippen LogP contribution in [0.1, 0.15) is 25.7 Å². The molecule has 2 aliphatic rings. The highest BCUT2D eigenvalue weighted by atomic mass is 31.1. The molecule has 2 saturated heterocycles. The first kappa shape index (κ1) is 12.7. The highest BCUT2D eigenvalue weighted by molar-refractivity contribution is 7.59. The van der Waals surface area contributed by atoms with Crippen LogP contribution >= 0.6 is 24.4 Å². The minimum Gasteiger partial charge on any atom is -0.121 e. The van der Waals surface area contributed by atoms with Crippen LogP contribution in [0.5, 0.6) is 0 Å². The van der Waals surface area contributed by atoms with Crippen LogP contribution in [0, 0.1) is 0 Å². The second-order valence-corrected chi connectivity index (χ2v) is 11.9. The molecule has 2 heterocycles. The second kappa shape index (κ2) is 6.28. The Hall–Kier alpha value is 1.29. The molecule has 0 amide bonds. The van der Waals surface area contributed by atoms with Crippen molar-refractivity contribution >= 4 is 24.4 Å². The van der Waals surface area contributed by atoms with Crippen molar-refractivity contribution in [2.45, 2.75) is 37.0 Å². The molecule has 0 bridgehead atoms. The van der Waals surface area contributed by atoms with E-state index in [1.807, 2.05) is 0 Å². The van der Waals surface area contributed by atoms with Crippen LogP contribution in [0.15, 0.2) is 0 Å². The summed E-state index contributed by atoms with van der Waals surface area (Å²) in [6.07, 6.45) is 12.6. The second-order valence-electron chi connectivity index (χ2n) is 5.21. The SMILES string of the molecule is C[P@]1CCC[C@@H]1CPC[C@H]1CCC[P@@]1C. The van der Waals surface area contributed by atoms with Gasteiger partial charge in [0.05, 0.1) is 0 Å². The summed E-state index contributed by atoms with van der Waals surface area (Å²) in [6.45, 7) is 5.08. The minimum atomic E-state index is 0.449. The van der Waals surface area contributed by atoms with E-state index in [1.54, 1.807) is 50.3 Å². The maximum Gasteiger partial charge on any atom is -0.0175 e. The van der Waals surface area contributed by atoms with Crippen molar-refractivity contribution < 1.29 is 0 Å². The maximum atomic E-state index is 2.54. The summed E-state index contributed by atoms with van der Waals surface area (Å²) in [6, 6.07) is 0. The van der Waals surface area contributed by atoms with E-state index in [0.717, 1.165) is 0 Å². The van der Waals surface area contributed by atoms with E-state index >= 15 is 0 Å². The van der Waals surface area contributed by atoms with Gasteiger partial charge in [-0.1, -0.05) is 0 Å². The molecule has 2 fully saturated rings. The van der Waals surface area contributed by atoms with Crippen LogP contribution < -0.4 is 0 Å². The first-order chi connectivity index (χ1) is 7.27. The average Bonchev–Trinajstić information content (AvgIpc) is 2.78. The van der Waals surface area contributed by atoms with Gasteiger partial charge in [0.1, 0.15) is 0 Å². The molecule has 0 spiro atoms. The molecule has 88 valence electrons. The first-order valence-electron chi connectivity index (χ1n) is 6.38. The van der Waals surface area contributed by atoms with E-state index in [4.69, 9.17) is 0 Å². The fourth-order valence-electron chi connectivity index (χ4n) is 2.89. The van der Waals surface area contributed by atoms with Crippen LogP contribution in [0.2, 0.25) is 0 Å². The van der Waals surface area contributed by atoms with Gasteiger partial charge in [-0.25, -0.2) is 0 Å². The zero-order chi connectivity index (χ0) is 10.7. The van der Waals surface area contributed by atoms with Gasteiger partial charge in [-0.3, -0.25) is 0 Å². The molecular weight excluding hydrogens is 237 g/mol. The Kier molecular flexibility index (Phi) is 5.34. The lowest BCUT2D eigenvalue weighted by Gasteiger charge is -2.19. The van der Waals surface area contributed by atoms with Crippen LogP contribution in [-0.2, 0) is 0 Å². The lowest BCUT2D eigenvalue weighted by atomic mass is 10.3. The molecule has 15 heavy (non-hydrogen) atoms. The van der Waals surface area contributed by atoms with Gasteiger partial charge >= 0.3 is 0 Å². The molecule has 3 heteroatoms. The summed E-state index contributed by atoms with van der Waals surface area (Å²) in [4.78, 5) is 0. The van der Waals surface area contributed by atoms with Gasteiger partial charge < -0.3 is 0 Å². The fourth-order valence-corrected chi connectivity index (χ4v) is 10.7. The van der Waals surface area contributed by atoms with Crippen molar-refractivity contribution in [3.05, 3.63) is 0 Å². The van der Waals surface area contributed by atoms with Crippen LogP contribution in [0.25, 0.3) is 0 Å². The molecule has 0 aromatic carbocycles. The molecule has 0 aromatic heterocycles. The lowest BCUT2D eigenvalue weighted by molar-refractivity contribution is 0.828. The maximum absolute atomic E-state index is 2.54. The number of hydrogen-bond donors (Lipinski definition) is 0.